The molecule has 116 valence electrons. The quantitative estimate of drug-likeness (QED) is 0.744. The van der Waals surface area contributed by atoms with E-state index < -0.39 is 0 Å². The van der Waals surface area contributed by atoms with Crippen molar-refractivity contribution in [1.82, 2.24) is 10.2 Å². The van der Waals surface area contributed by atoms with Crippen molar-refractivity contribution < 1.29 is 9.53 Å². The molecule has 0 aliphatic carbocycles. The van der Waals surface area contributed by atoms with Crippen LogP contribution in [0.1, 0.15) is 65.2 Å². The van der Waals surface area contributed by atoms with Crippen LogP contribution in [0.25, 0.3) is 0 Å². The summed E-state index contributed by atoms with van der Waals surface area (Å²) in [6.07, 6.45) is 9.38. The van der Waals surface area contributed by atoms with Gasteiger partial charge >= 0.3 is 0 Å². The molecule has 0 aromatic heterocycles. The van der Waals surface area contributed by atoms with Crippen LogP contribution in [0.15, 0.2) is 0 Å². The van der Waals surface area contributed by atoms with Gasteiger partial charge in [0.25, 0.3) is 0 Å². The number of ether oxygens (including phenoxy) is 1. The minimum Gasteiger partial charge on any atom is -0.378 e. The molecule has 0 aromatic carbocycles. The molecule has 0 bridgehead atoms. The second kappa shape index (κ2) is 7.99. The molecule has 0 aromatic rings. The first kappa shape index (κ1) is 15.8. The van der Waals surface area contributed by atoms with Crippen molar-refractivity contribution in [2.45, 2.75) is 83.5 Å². The highest BCUT2D eigenvalue weighted by molar-refractivity contribution is 5.84. The molecule has 2 heterocycles. The average molecular weight is 282 g/mol. The van der Waals surface area contributed by atoms with Gasteiger partial charge in [0.1, 0.15) is 0 Å². The van der Waals surface area contributed by atoms with E-state index in [2.05, 4.69) is 24.1 Å². The molecule has 4 heteroatoms. The molecule has 3 unspecified atom stereocenters. The molecular formula is C16H30N2O2. The summed E-state index contributed by atoms with van der Waals surface area (Å²) in [4.78, 5) is 14.6. The van der Waals surface area contributed by atoms with E-state index in [0.29, 0.717) is 12.0 Å². The fourth-order valence-electron chi connectivity index (χ4n) is 3.30. The van der Waals surface area contributed by atoms with Crippen LogP contribution in [0.3, 0.4) is 0 Å². The van der Waals surface area contributed by atoms with Gasteiger partial charge < -0.3 is 9.64 Å². The van der Waals surface area contributed by atoms with Gasteiger partial charge in [-0.25, -0.2) is 0 Å². The molecule has 2 rings (SSSR count). The van der Waals surface area contributed by atoms with E-state index in [1.807, 2.05) is 0 Å². The lowest BCUT2D eigenvalue weighted by Crippen LogP contribution is -2.38. The number of rotatable bonds is 8. The lowest BCUT2D eigenvalue weighted by Gasteiger charge is -2.25. The Morgan fingerprint density at radius 2 is 2.10 bits per heavy atom. The van der Waals surface area contributed by atoms with Crippen LogP contribution < -0.4 is 5.32 Å². The van der Waals surface area contributed by atoms with Gasteiger partial charge in [-0.15, -0.1) is 0 Å². The first-order valence-electron chi connectivity index (χ1n) is 8.44. The van der Waals surface area contributed by atoms with E-state index in [9.17, 15) is 4.79 Å². The van der Waals surface area contributed by atoms with Crippen LogP contribution in [-0.2, 0) is 9.53 Å². The van der Waals surface area contributed by atoms with Crippen molar-refractivity contribution in [3.8, 4) is 0 Å². The third kappa shape index (κ3) is 3.95. The Labute approximate surface area is 123 Å². The number of hydrogen-bond donors (Lipinski definition) is 1. The Bertz CT molecular complexity index is 303. The number of carbonyl (C=O) groups excluding carboxylic acids is 1. The molecule has 2 aliphatic heterocycles. The molecule has 0 spiro atoms. The smallest absolute Gasteiger partial charge is 0.241 e. The predicted molar refractivity (Wildman–Crippen MR) is 80.4 cm³/mol. The molecule has 3 atom stereocenters. The van der Waals surface area contributed by atoms with Crippen LogP contribution >= 0.6 is 0 Å². The first-order valence-corrected chi connectivity index (χ1v) is 8.44. The van der Waals surface area contributed by atoms with Gasteiger partial charge in [0.15, 0.2) is 0 Å². The van der Waals surface area contributed by atoms with Crippen LogP contribution in [0.5, 0.6) is 0 Å². The van der Waals surface area contributed by atoms with Gasteiger partial charge in [-0.05, 0) is 32.1 Å². The predicted octanol–water partition coefficient (Wildman–Crippen LogP) is 2.67. The van der Waals surface area contributed by atoms with Crippen molar-refractivity contribution >= 4 is 5.91 Å². The van der Waals surface area contributed by atoms with Crippen molar-refractivity contribution in [2.75, 3.05) is 13.2 Å². The second-order valence-electron chi connectivity index (χ2n) is 6.12. The highest BCUT2D eigenvalue weighted by Gasteiger charge is 2.37. The summed E-state index contributed by atoms with van der Waals surface area (Å²) < 4.78 is 5.68. The van der Waals surface area contributed by atoms with Gasteiger partial charge in [0.2, 0.25) is 5.91 Å². The van der Waals surface area contributed by atoms with Gasteiger partial charge in [-0.3, -0.25) is 10.1 Å². The zero-order chi connectivity index (χ0) is 14.4. The normalized spacial score (nSPS) is 30.4. The van der Waals surface area contributed by atoms with Gasteiger partial charge in [-0.1, -0.05) is 33.1 Å². The summed E-state index contributed by atoms with van der Waals surface area (Å²) >= 11 is 0. The number of hydrogen-bond acceptors (Lipinski definition) is 3. The van der Waals surface area contributed by atoms with Crippen molar-refractivity contribution in [1.29, 1.82) is 0 Å². The molecule has 4 nitrogen and oxygen atoms in total. The highest BCUT2D eigenvalue weighted by Crippen LogP contribution is 2.22. The maximum Gasteiger partial charge on any atom is 0.241 e. The topological polar surface area (TPSA) is 41.6 Å². The largest absolute Gasteiger partial charge is 0.378 e. The molecule has 20 heavy (non-hydrogen) atoms. The van der Waals surface area contributed by atoms with Crippen molar-refractivity contribution in [3.05, 3.63) is 0 Å². The van der Waals surface area contributed by atoms with E-state index in [1.165, 1.54) is 6.42 Å². The van der Waals surface area contributed by atoms with E-state index >= 15 is 0 Å². The molecule has 2 fully saturated rings. The van der Waals surface area contributed by atoms with E-state index in [4.69, 9.17) is 4.74 Å². The molecular weight excluding hydrogens is 252 g/mol. The Balaban J connectivity index is 1.86. The molecule has 2 saturated heterocycles. The Morgan fingerprint density at radius 3 is 2.75 bits per heavy atom. The zero-order valence-corrected chi connectivity index (χ0v) is 13.1. The maximum atomic E-state index is 12.5. The van der Waals surface area contributed by atoms with E-state index in [0.717, 1.165) is 58.1 Å². The fourth-order valence-corrected chi connectivity index (χ4v) is 3.30. The SMILES string of the molecule is CCCCC1NC(CCC)N(CCC2CCCO2)C1=O. The Kier molecular flexibility index (Phi) is 6.30. The number of unbranched alkanes of at least 4 members (excludes halogenated alkanes) is 1. The van der Waals surface area contributed by atoms with Gasteiger partial charge in [0, 0.05) is 13.2 Å². The molecule has 0 saturated carbocycles. The van der Waals surface area contributed by atoms with Gasteiger partial charge in [-0.2, -0.15) is 0 Å². The molecule has 2 aliphatic rings. The van der Waals surface area contributed by atoms with Crippen LogP contribution in [-0.4, -0.2) is 42.3 Å². The third-order valence-electron chi connectivity index (χ3n) is 4.48. The van der Waals surface area contributed by atoms with Crippen molar-refractivity contribution in [3.63, 3.8) is 0 Å². The molecule has 0 radical (unpaired) electrons. The minimum atomic E-state index is 0.0518. The van der Waals surface area contributed by atoms with E-state index in [-0.39, 0.29) is 12.2 Å². The van der Waals surface area contributed by atoms with Crippen LogP contribution in [0.4, 0.5) is 0 Å². The lowest BCUT2D eigenvalue weighted by atomic mass is 10.1. The number of amides is 1. The fraction of sp³-hybridized carbons (Fsp3) is 0.938. The third-order valence-corrected chi connectivity index (χ3v) is 4.48. The average Bonchev–Trinajstić information content (AvgIpc) is 3.04. The van der Waals surface area contributed by atoms with Crippen LogP contribution in [0, 0.1) is 0 Å². The minimum absolute atomic E-state index is 0.0518. The summed E-state index contributed by atoms with van der Waals surface area (Å²) in [5.74, 6) is 0.315. The zero-order valence-electron chi connectivity index (χ0n) is 13.1. The molecule has 1 amide bonds. The monoisotopic (exact) mass is 282 g/mol. The highest BCUT2D eigenvalue weighted by atomic mass is 16.5. The lowest BCUT2D eigenvalue weighted by molar-refractivity contribution is -0.130. The van der Waals surface area contributed by atoms with Crippen molar-refractivity contribution in [2.24, 2.45) is 0 Å². The standard InChI is InChI=1S/C16H30N2O2/c1-3-5-9-14-16(19)18(15(17-14)7-4-2)11-10-13-8-6-12-20-13/h13-15,17H,3-12H2,1-2H3. The van der Waals surface area contributed by atoms with Crippen LogP contribution in [0.2, 0.25) is 0 Å². The van der Waals surface area contributed by atoms with E-state index in [1.54, 1.807) is 0 Å². The summed E-state index contributed by atoms with van der Waals surface area (Å²) in [5, 5.41) is 3.54. The maximum absolute atomic E-state index is 12.5. The summed E-state index contributed by atoms with van der Waals surface area (Å²) in [6.45, 7) is 6.11. The Hall–Kier alpha value is -0.610. The second-order valence-corrected chi connectivity index (χ2v) is 6.12. The van der Waals surface area contributed by atoms with Gasteiger partial charge in [0.05, 0.1) is 18.3 Å². The number of nitrogens with one attached hydrogen (secondary N) is 1. The number of carbonyl (C=O) groups is 1. The molecule has 1 N–H and O–H groups in total. The summed E-state index contributed by atoms with van der Waals surface area (Å²) in [6, 6.07) is 0.0518. The Morgan fingerprint density at radius 1 is 1.25 bits per heavy atom. The number of nitrogens with zero attached hydrogens (tertiary/aromatic N) is 1. The summed E-state index contributed by atoms with van der Waals surface area (Å²) in [5.41, 5.74) is 0. The first-order chi connectivity index (χ1) is 9.76. The summed E-state index contributed by atoms with van der Waals surface area (Å²) in [7, 11) is 0.